The molecule has 4 saturated carbocycles. The molecule has 8 N–H and O–H groups in total. The van der Waals surface area contributed by atoms with Gasteiger partial charge in [-0.2, -0.15) is 0 Å². The first-order valence-corrected chi connectivity index (χ1v) is 15.5. The summed E-state index contributed by atoms with van der Waals surface area (Å²) in [6.45, 7) is 10.5. The van der Waals surface area contributed by atoms with Gasteiger partial charge in [-0.05, 0) is 81.4 Å². The smallest absolute Gasteiger partial charge is 0.402 e. The van der Waals surface area contributed by atoms with E-state index in [1.54, 1.807) is 0 Å². The predicted octanol–water partition coefficient (Wildman–Crippen LogP) is 3.07. The number of amides is 1. The van der Waals surface area contributed by atoms with Gasteiger partial charge in [0.15, 0.2) is 11.5 Å². The van der Waals surface area contributed by atoms with Crippen molar-refractivity contribution in [2.75, 3.05) is 26.7 Å². The van der Waals surface area contributed by atoms with Crippen LogP contribution in [0.25, 0.3) is 0 Å². The van der Waals surface area contributed by atoms with E-state index in [0.717, 1.165) is 44.6 Å². The van der Waals surface area contributed by atoms with Gasteiger partial charge < -0.3 is 41.4 Å². The van der Waals surface area contributed by atoms with Crippen LogP contribution in [-0.2, 0) is 21.4 Å². The number of phenols is 1. The average Bonchev–Trinajstić information content (AvgIpc) is 3.67. The third kappa shape index (κ3) is 4.52. The van der Waals surface area contributed by atoms with Gasteiger partial charge in [0.1, 0.15) is 11.7 Å². The molecule has 2 heterocycles. The first-order valence-electron chi connectivity index (χ1n) is 15.5. The van der Waals surface area contributed by atoms with E-state index >= 15 is 0 Å². The zero-order chi connectivity index (χ0) is 31.8. The van der Waals surface area contributed by atoms with Crippen molar-refractivity contribution in [3.63, 3.8) is 0 Å². The lowest BCUT2D eigenvalue weighted by atomic mass is 9.33. The van der Waals surface area contributed by atoms with E-state index in [2.05, 4.69) is 43.2 Å². The van der Waals surface area contributed by atoms with E-state index in [-0.39, 0.29) is 40.6 Å². The van der Waals surface area contributed by atoms with Gasteiger partial charge in [0.05, 0.1) is 12.1 Å². The normalized spacial score (nSPS) is 36.1. The number of methoxy groups -OCH3 is 1. The maximum atomic E-state index is 12.2. The molecule has 0 aromatic heterocycles. The molecule has 4 bridgehead atoms. The van der Waals surface area contributed by atoms with Crippen LogP contribution >= 0.6 is 0 Å². The molecular formula is C32H49N3O8. The summed E-state index contributed by atoms with van der Waals surface area (Å²) in [5, 5.41) is 37.9. The fraction of sp³-hybridized carbons (Fsp3) is 0.750. The predicted molar refractivity (Wildman–Crippen MR) is 159 cm³/mol. The van der Waals surface area contributed by atoms with E-state index in [1.807, 2.05) is 20.1 Å². The highest BCUT2D eigenvalue weighted by Crippen LogP contribution is 2.78. The molecule has 8 rings (SSSR count). The van der Waals surface area contributed by atoms with E-state index in [4.69, 9.17) is 24.5 Å². The highest BCUT2D eigenvalue weighted by Gasteiger charge is 2.82. The van der Waals surface area contributed by atoms with Crippen LogP contribution in [0.1, 0.15) is 77.3 Å². The SMILES string of the molecule is CO[C@@]12CC[C@@]3(C[C@@H]1[C@](C)(O)C(C)(C)C)[C@H]1Cc4ccc(O)c5c4[C@@]3(CCN1CC1CC1)[C@H]2O5.NC(=O)O.NCC(=O)O. The number of likely N-dealkylation sites (tertiary alicyclic amines) is 1. The summed E-state index contributed by atoms with van der Waals surface area (Å²) in [5.41, 5.74) is 9.38. The molecular weight excluding hydrogens is 554 g/mol. The van der Waals surface area contributed by atoms with Crippen molar-refractivity contribution >= 4 is 12.1 Å². The van der Waals surface area contributed by atoms with Crippen molar-refractivity contribution in [2.24, 2.45) is 34.1 Å². The number of carboxylic acid groups (broad SMARTS) is 2. The summed E-state index contributed by atoms with van der Waals surface area (Å²) in [4.78, 5) is 20.8. The van der Waals surface area contributed by atoms with Gasteiger partial charge in [-0.15, -0.1) is 0 Å². The van der Waals surface area contributed by atoms with Gasteiger partial charge in [-0.1, -0.05) is 26.8 Å². The number of phenolic OH excluding ortho intramolecular Hbond substituents is 1. The second kappa shape index (κ2) is 10.5. The number of hydrogen-bond donors (Lipinski definition) is 6. The number of nitrogens with zero attached hydrogens (tertiary/aromatic N) is 1. The first-order chi connectivity index (χ1) is 20.0. The molecule has 7 aliphatic rings. The summed E-state index contributed by atoms with van der Waals surface area (Å²) < 4.78 is 13.5. The molecule has 0 radical (unpaired) electrons. The van der Waals surface area contributed by atoms with Crippen molar-refractivity contribution in [1.82, 2.24) is 4.90 Å². The monoisotopic (exact) mass is 603 g/mol. The van der Waals surface area contributed by atoms with Crippen LogP contribution in [0.2, 0.25) is 0 Å². The van der Waals surface area contributed by atoms with E-state index < -0.39 is 23.3 Å². The fourth-order valence-corrected chi connectivity index (χ4v) is 9.58. The lowest BCUT2D eigenvalue weighted by Gasteiger charge is -2.75. The molecule has 2 spiro atoms. The number of ether oxygens (including phenoxy) is 2. The van der Waals surface area contributed by atoms with Crippen LogP contribution in [0.4, 0.5) is 4.79 Å². The number of aliphatic carboxylic acids is 1. The van der Waals surface area contributed by atoms with E-state index in [1.165, 1.54) is 30.5 Å². The van der Waals surface area contributed by atoms with Gasteiger partial charge in [-0.3, -0.25) is 9.69 Å². The highest BCUT2D eigenvalue weighted by atomic mass is 16.6. The summed E-state index contributed by atoms with van der Waals surface area (Å²) in [7, 11) is 1.83. The Morgan fingerprint density at radius 1 is 1.14 bits per heavy atom. The van der Waals surface area contributed by atoms with Crippen molar-refractivity contribution in [3.8, 4) is 11.5 Å². The molecule has 11 heteroatoms. The van der Waals surface area contributed by atoms with Crippen LogP contribution in [0.5, 0.6) is 11.5 Å². The van der Waals surface area contributed by atoms with Crippen molar-refractivity contribution in [1.29, 1.82) is 0 Å². The minimum atomic E-state index is -1.33. The summed E-state index contributed by atoms with van der Waals surface area (Å²) in [5.74, 6) is 0.835. The summed E-state index contributed by atoms with van der Waals surface area (Å²) in [6.07, 6.45) is 6.30. The van der Waals surface area contributed by atoms with Gasteiger partial charge in [0, 0.05) is 42.0 Å². The fourth-order valence-electron chi connectivity index (χ4n) is 9.58. The largest absolute Gasteiger partial charge is 0.504 e. The Balaban J connectivity index is 0.000000362. The molecule has 43 heavy (non-hydrogen) atoms. The Hall–Kier alpha value is -2.60. The van der Waals surface area contributed by atoms with Crippen molar-refractivity contribution in [3.05, 3.63) is 23.3 Å². The Kier molecular flexibility index (Phi) is 7.77. The Morgan fingerprint density at radius 2 is 1.77 bits per heavy atom. The number of nitrogens with two attached hydrogens (primary N) is 2. The zero-order valence-corrected chi connectivity index (χ0v) is 26.1. The second-order valence-corrected chi connectivity index (χ2v) is 14.7. The third-order valence-electron chi connectivity index (χ3n) is 12.0. The van der Waals surface area contributed by atoms with Crippen LogP contribution < -0.4 is 16.2 Å². The zero-order valence-electron chi connectivity index (χ0n) is 26.1. The number of carbonyl (C=O) groups is 2. The van der Waals surface area contributed by atoms with Crippen LogP contribution in [0, 0.1) is 22.7 Å². The molecule has 7 atom stereocenters. The highest BCUT2D eigenvalue weighted by molar-refractivity contribution is 5.68. The number of piperidine rings is 1. The number of rotatable bonds is 5. The Labute approximate surface area is 253 Å². The lowest BCUT2D eigenvalue weighted by Crippen LogP contribution is -2.83. The Morgan fingerprint density at radius 3 is 2.30 bits per heavy atom. The third-order valence-corrected chi connectivity index (χ3v) is 12.0. The number of primary amides is 1. The molecule has 240 valence electrons. The summed E-state index contributed by atoms with van der Waals surface area (Å²) in [6, 6.07) is 4.46. The topological polar surface area (TPSA) is 189 Å². The van der Waals surface area contributed by atoms with Gasteiger partial charge in [0.2, 0.25) is 0 Å². The van der Waals surface area contributed by atoms with Gasteiger partial charge in [-0.25, -0.2) is 4.79 Å². The maximum absolute atomic E-state index is 12.2. The molecule has 11 nitrogen and oxygen atoms in total. The van der Waals surface area contributed by atoms with Gasteiger partial charge >= 0.3 is 12.1 Å². The number of benzene rings is 1. The number of aromatic hydroxyl groups is 1. The number of fused-ring (bicyclic) bond motifs is 2. The first kappa shape index (κ1) is 31.8. The second-order valence-electron chi connectivity index (χ2n) is 14.7. The minimum absolute atomic E-state index is 0.0294. The van der Waals surface area contributed by atoms with Crippen LogP contribution in [0.3, 0.4) is 0 Å². The standard InChI is InChI=1S/C29H41NO4.C2H5NO2.CH3NO2/c1-25(2,3)26(4,32)20-15-27-10-11-29(20,33-5)24-28(27)12-13-30(16-17-6-7-17)21(27)14-18-8-9-19(31)23(34-24)22(18)28;3-1-2(4)5;2-1(3)4/h8-9,17,20-21,24,31-32H,6-7,10-16H2,1-5H3;1,3H2,(H,4,5);2H2,(H,3,4)/t20-,21-,24-,26+,27-,28+,29+;;/m1../s1. The van der Waals surface area contributed by atoms with Gasteiger partial charge in [0.25, 0.3) is 0 Å². The molecule has 5 fully saturated rings. The van der Waals surface area contributed by atoms with E-state index in [9.17, 15) is 15.0 Å². The Bertz CT molecular complexity index is 1270. The average molecular weight is 604 g/mol. The molecule has 2 aliphatic heterocycles. The van der Waals surface area contributed by atoms with Crippen LogP contribution in [-0.4, -0.2) is 87.5 Å². The molecule has 5 aliphatic carbocycles. The lowest BCUT2D eigenvalue weighted by molar-refractivity contribution is -0.312. The number of carboxylic acids is 1. The van der Waals surface area contributed by atoms with Crippen molar-refractivity contribution in [2.45, 2.75) is 101 Å². The maximum Gasteiger partial charge on any atom is 0.402 e. The molecule has 1 aromatic rings. The molecule has 1 amide bonds. The summed E-state index contributed by atoms with van der Waals surface area (Å²) >= 11 is 0. The van der Waals surface area contributed by atoms with E-state index in [0.29, 0.717) is 11.8 Å². The minimum Gasteiger partial charge on any atom is -0.504 e. The molecule has 1 aromatic carbocycles. The quantitative estimate of drug-likeness (QED) is 0.292. The molecule has 0 unspecified atom stereocenters. The van der Waals surface area contributed by atoms with Crippen molar-refractivity contribution < 1.29 is 39.5 Å². The number of aliphatic hydroxyl groups is 1. The molecule has 1 saturated heterocycles. The van der Waals surface area contributed by atoms with Crippen LogP contribution in [0.15, 0.2) is 12.1 Å². The number of hydrogen-bond acceptors (Lipinski definition) is 8.